The van der Waals surface area contributed by atoms with Crippen molar-refractivity contribution in [3.05, 3.63) is 27.8 Å². The third-order valence-corrected chi connectivity index (χ3v) is 5.01. The first-order chi connectivity index (χ1) is 10.2. The van der Waals surface area contributed by atoms with Crippen LogP contribution in [0, 0.1) is 16.0 Å². The monoisotopic (exact) mass is 306 g/mol. The highest BCUT2D eigenvalue weighted by Gasteiger charge is 2.27. The summed E-state index contributed by atoms with van der Waals surface area (Å²) < 4.78 is 0.839. The third kappa shape index (κ3) is 2.71. The highest BCUT2D eigenvalue weighted by molar-refractivity contribution is 7.16. The molecule has 112 valence electrons. The van der Waals surface area contributed by atoms with Crippen molar-refractivity contribution in [1.29, 1.82) is 0 Å². The van der Waals surface area contributed by atoms with Gasteiger partial charge in [-0.25, -0.2) is 4.98 Å². The van der Waals surface area contributed by atoms with Gasteiger partial charge in [0.05, 0.1) is 15.1 Å². The molecule has 0 radical (unpaired) electrons. The number of thiazole rings is 1. The predicted octanol–water partition coefficient (Wildman–Crippen LogP) is 3.13. The van der Waals surface area contributed by atoms with Crippen LogP contribution < -0.4 is 11.1 Å². The summed E-state index contributed by atoms with van der Waals surface area (Å²) in [4.78, 5) is 15.2. The van der Waals surface area contributed by atoms with Crippen LogP contribution in [-0.4, -0.2) is 22.5 Å². The van der Waals surface area contributed by atoms with Crippen molar-refractivity contribution < 1.29 is 4.92 Å². The minimum Gasteiger partial charge on any atom is -0.376 e. The maximum absolute atomic E-state index is 11.4. The summed E-state index contributed by atoms with van der Waals surface area (Å²) in [5, 5.41) is 14.8. The molecule has 1 heterocycles. The van der Waals surface area contributed by atoms with Crippen molar-refractivity contribution in [3.63, 3.8) is 0 Å². The molecule has 0 saturated heterocycles. The number of nitro benzene ring substituents is 1. The van der Waals surface area contributed by atoms with Gasteiger partial charge >= 0.3 is 5.69 Å². The molecule has 2 atom stereocenters. The molecule has 0 bridgehead atoms. The molecule has 0 spiro atoms. The van der Waals surface area contributed by atoms with Gasteiger partial charge in [0.1, 0.15) is 5.69 Å². The van der Waals surface area contributed by atoms with E-state index in [1.54, 1.807) is 11.6 Å². The number of nitrogens with zero attached hydrogens (tertiary/aromatic N) is 2. The molecule has 0 aliphatic heterocycles. The van der Waals surface area contributed by atoms with Gasteiger partial charge in [0.2, 0.25) is 0 Å². The molecule has 6 nitrogen and oxygen atoms in total. The number of hydrogen-bond acceptors (Lipinski definition) is 6. The molecule has 3 rings (SSSR count). The number of anilines is 1. The summed E-state index contributed by atoms with van der Waals surface area (Å²) in [6, 6.07) is 3.89. The van der Waals surface area contributed by atoms with E-state index >= 15 is 0 Å². The number of aromatic nitrogens is 1. The lowest BCUT2D eigenvalue weighted by molar-refractivity contribution is -0.382. The summed E-state index contributed by atoms with van der Waals surface area (Å²) in [6.45, 7) is 0.615. The van der Waals surface area contributed by atoms with Crippen molar-refractivity contribution in [1.82, 2.24) is 4.98 Å². The molecule has 21 heavy (non-hydrogen) atoms. The van der Waals surface area contributed by atoms with Gasteiger partial charge in [-0.15, -0.1) is 11.3 Å². The molecule has 1 aliphatic rings. The van der Waals surface area contributed by atoms with Crippen molar-refractivity contribution in [2.45, 2.75) is 31.7 Å². The summed E-state index contributed by atoms with van der Waals surface area (Å²) in [5.41, 5.74) is 8.58. The zero-order valence-corrected chi connectivity index (χ0v) is 12.4. The Morgan fingerprint density at radius 2 is 2.24 bits per heavy atom. The number of fused-ring (bicyclic) bond motifs is 1. The fraction of sp³-hybridized carbons (Fsp3) is 0.500. The molecule has 1 aromatic heterocycles. The highest BCUT2D eigenvalue weighted by Crippen LogP contribution is 2.36. The number of rotatable bonds is 4. The van der Waals surface area contributed by atoms with Crippen LogP contribution >= 0.6 is 11.3 Å². The summed E-state index contributed by atoms with van der Waals surface area (Å²) in [7, 11) is 0. The lowest BCUT2D eigenvalue weighted by Gasteiger charge is -2.31. The Morgan fingerprint density at radius 1 is 1.43 bits per heavy atom. The molecule has 7 heteroatoms. The Kier molecular flexibility index (Phi) is 4.03. The van der Waals surface area contributed by atoms with Crippen molar-refractivity contribution >= 4 is 32.9 Å². The second-order valence-electron chi connectivity index (χ2n) is 5.45. The molecule has 1 aromatic carbocycles. The molecular formula is C14H18N4O2S. The molecule has 3 N–H and O–H groups in total. The second-order valence-corrected chi connectivity index (χ2v) is 6.34. The van der Waals surface area contributed by atoms with Crippen LogP contribution in [0.4, 0.5) is 11.4 Å². The quantitative estimate of drug-likeness (QED) is 0.668. The molecule has 1 saturated carbocycles. The predicted molar refractivity (Wildman–Crippen MR) is 84.7 cm³/mol. The standard InChI is InChI=1S/C14H18N4O2S/c15-7-9-3-1-2-4-10(9)17-11-5-6-12-13(16-8-21-12)14(11)18(19)20/h5-6,8-10,17H,1-4,7,15H2. The fourth-order valence-corrected chi connectivity index (χ4v) is 3.78. The van der Waals surface area contributed by atoms with E-state index in [2.05, 4.69) is 10.3 Å². The van der Waals surface area contributed by atoms with E-state index in [0.29, 0.717) is 23.7 Å². The first kappa shape index (κ1) is 14.2. The summed E-state index contributed by atoms with van der Waals surface area (Å²) in [5.74, 6) is 0.379. The van der Waals surface area contributed by atoms with E-state index in [0.717, 1.165) is 24.0 Å². The number of hydrogen-bond donors (Lipinski definition) is 2. The minimum atomic E-state index is -0.343. The highest BCUT2D eigenvalue weighted by atomic mass is 32.1. The zero-order chi connectivity index (χ0) is 14.8. The van der Waals surface area contributed by atoms with E-state index in [1.807, 2.05) is 6.07 Å². The van der Waals surface area contributed by atoms with E-state index in [4.69, 9.17) is 5.73 Å². The lowest BCUT2D eigenvalue weighted by Crippen LogP contribution is -2.36. The average molecular weight is 306 g/mol. The van der Waals surface area contributed by atoms with Gasteiger partial charge in [0, 0.05) is 6.04 Å². The van der Waals surface area contributed by atoms with Crippen LogP contribution in [0.15, 0.2) is 17.6 Å². The van der Waals surface area contributed by atoms with E-state index in [1.165, 1.54) is 17.8 Å². The minimum absolute atomic E-state index is 0.0788. The fourth-order valence-electron chi connectivity index (χ4n) is 3.10. The van der Waals surface area contributed by atoms with Gasteiger partial charge in [-0.1, -0.05) is 12.8 Å². The smallest absolute Gasteiger partial charge is 0.319 e. The van der Waals surface area contributed by atoms with Crippen LogP contribution in [-0.2, 0) is 0 Å². The van der Waals surface area contributed by atoms with Crippen LogP contribution in [0.25, 0.3) is 10.2 Å². The van der Waals surface area contributed by atoms with Crippen molar-refractivity contribution in [2.75, 3.05) is 11.9 Å². The average Bonchev–Trinajstić information content (AvgIpc) is 2.95. The van der Waals surface area contributed by atoms with Gasteiger partial charge in [-0.2, -0.15) is 0 Å². The maximum atomic E-state index is 11.4. The van der Waals surface area contributed by atoms with Crippen LogP contribution in [0.5, 0.6) is 0 Å². The van der Waals surface area contributed by atoms with Crippen LogP contribution in [0.2, 0.25) is 0 Å². The molecule has 2 aromatic rings. The first-order valence-corrected chi connectivity index (χ1v) is 8.06. The second kappa shape index (κ2) is 5.95. The van der Waals surface area contributed by atoms with Gasteiger partial charge in [-0.05, 0) is 37.4 Å². The van der Waals surface area contributed by atoms with Gasteiger partial charge in [0.25, 0.3) is 0 Å². The normalized spacial score (nSPS) is 22.3. The van der Waals surface area contributed by atoms with Crippen molar-refractivity contribution in [2.24, 2.45) is 11.7 Å². The molecule has 1 fully saturated rings. The van der Waals surface area contributed by atoms with E-state index in [-0.39, 0.29) is 16.7 Å². The van der Waals surface area contributed by atoms with Crippen LogP contribution in [0.1, 0.15) is 25.7 Å². The number of nitro groups is 1. The lowest BCUT2D eigenvalue weighted by atomic mass is 9.84. The van der Waals surface area contributed by atoms with Crippen molar-refractivity contribution in [3.8, 4) is 0 Å². The first-order valence-electron chi connectivity index (χ1n) is 7.18. The maximum Gasteiger partial charge on any atom is 0.319 e. The van der Waals surface area contributed by atoms with Crippen LogP contribution in [0.3, 0.4) is 0 Å². The SMILES string of the molecule is NCC1CCCCC1Nc1ccc2scnc2c1[N+](=O)[O-]. The Hall–Kier alpha value is -1.73. The summed E-state index contributed by atoms with van der Waals surface area (Å²) >= 11 is 1.42. The Labute approximate surface area is 126 Å². The van der Waals surface area contributed by atoms with E-state index < -0.39 is 0 Å². The number of nitrogens with two attached hydrogens (primary N) is 1. The van der Waals surface area contributed by atoms with Gasteiger partial charge in [0.15, 0.2) is 5.52 Å². The molecule has 2 unspecified atom stereocenters. The largest absolute Gasteiger partial charge is 0.376 e. The van der Waals surface area contributed by atoms with Gasteiger partial charge in [-0.3, -0.25) is 10.1 Å². The molecule has 1 aliphatic carbocycles. The molecule has 0 amide bonds. The number of benzene rings is 1. The number of nitrogens with one attached hydrogen (secondary N) is 1. The molecular weight excluding hydrogens is 288 g/mol. The van der Waals surface area contributed by atoms with E-state index in [9.17, 15) is 10.1 Å². The topological polar surface area (TPSA) is 94.1 Å². The summed E-state index contributed by atoms with van der Waals surface area (Å²) in [6.07, 6.45) is 4.42. The van der Waals surface area contributed by atoms with Gasteiger partial charge < -0.3 is 11.1 Å². The Bertz CT molecular complexity index is 657. The Balaban J connectivity index is 1.95. The zero-order valence-electron chi connectivity index (χ0n) is 11.6. The Morgan fingerprint density at radius 3 is 3.00 bits per heavy atom. The third-order valence-electron chi connectivity index (χ3n) is 4.21.